The first-order valence-corrected chi connectivity index (χ1v) is 7.12. The minimum atomic E-state index is -0.207. The minimum Gasteiger partial charge on any atom is -0.493 e. The van der Waals surface area contributed by atoms with Crippen molar-refractivity contribution < 1.29 is 9.47 Å². The van der Waals surface area contributed by atoms with Gasteiger partial charge in [0.25, 0.3) is 0 Å². The van der Waals surface area contributed by atoms with Gasteiger partial charge in [0.15, 0.2) is 0 Å². The molecule has 19 heavy (non-hydrogen) atoms. The van der Waals surface area contributed by atoms with Crippen molar-refractivity contribution in [2.24, 2.45) is 11.7 Å². The number of hydrogen-bond acceptors (Lipinski definition) is 3. The molecule has 0 radical (unpaired) electrons. The quantitative estimate of drug-likeness (QED) is 0.901. The molecule has 1 aromatic rings. The highest BCUT2D eigenvalue weighted by Crippen LogP contribution is 2.40. The van der Waals surface area contributed by atoms with Crippen LogP contribution in [0.15, 0.2) is 18.2 Å². The van der Waals surface area contributed by atoms with E-state index in [-0.39, 0.29) is 11.6 Å². The summed E-state index contributed by atoms with van der Waals surface area (Å²) < 4.78 is 11.8. The predicted octanol–water partition coefficient (Wildman–Crippen LogP) is 3.67. The molecular weight excluding hydrogens is 238 g/mol. The van der Waals surface area contributed by atoms with Crippen molar-refractivity contribution in [2.45, 2.75) is 52.2 Å². The van der Waals surface area contributed by atoms with Gasteiger partial charge in [-0.1, -0.05) is 26.3 Å². The summed E-state index contributed by atoms with van der Waals surface area (Å²) in [5.41, 5.74) is 7.07. The van der Waals surface area contributed by atoms with E-state index < -0.39 is 0 Å². The lowest BCUT2D eigenvalue weighted by molar-refractivity contribution is 0.0723. The van der Waals surface area contributed by atoms with Crippen LogP contribution in [0.4, 0.5) is 0 Å². The van der Waals surface area contributed by atoms with Gasteiger partial charge in [0, 0.05) is 24.1 Å². The van der Waals surface area contributed by atoms with Crippen LogP contribution in [0.25, 0.3) is 0 Å². The lowest BCUT2D eigenvalue weighted by Gasteiger charge is -2.36. The maximum atomic E-state index is 6.19. The Labute approximate surface area is 116 Å². The van der Waals surface area contributed by atoms with Gasteiger partial charge in [-0.05, 0) is 25.8 Å². The predicted molar refractivity (Wildman–Crippen MR) is 77.6 cm³/mol. The molecule has 0 aliphatic carbocycles. The fourth-order valence-corrected chi connectivity index (χ4v) is 2.33. The van der Waals surface area contributed by atoms with Gasteiger partial charge in [0.05, 0.1) is 6.61 Å². The van der Waals surface area contributed by atoms with E-state index in [0.29, 0.717) is 5.92 Å². The Bertz CT molecular complexity index is 442. The summed E-state index contributed by atoms with van der Waals surface area (Å²) in [5, 5.41) is 0. The highest BCUT2D eigenvalue weighted by Gasteiger charge is 2.31. The molecule has 1 aliphatic rings. The molecule has 1 aliphatic heterocycles. The second kappa shape index (κ2) is 5.41. The first-order chi connectivity index (χ1) is 8.91. The first kappa shape index (κ1) is 14.2. The van der Waals surface area contributed by atoms with E-state index in [4.69, 9.17) is 15.2 Å². The summed E-state index contributed by atoms with van der Waals surface area (Å²) in [5.74, 6) is 2.30. The Hall–Kier alpha value is -1.22. The van der Waals surface area contributed by atoms with Crippen molar-refractivity contribution in [3.63, 3.8) is 0 Å². The van der Waals surface area contributed by atoms with Crippen LogP contribution in [0.1, 0.15) is 52.1 Å². The molecule has 1 aromatic carbocycles. The molecule has 2 N–H and O–H groups in total. The summed E-state index contributed by atoms with van der Waals surface area (Å²) in [6, 6.07) is 6.03. The molecule has 2 rings (SSSR count). The van der Waals surface area contributed by atoms with E-state index in [0.717, 1.165) is 36.5 Å². The molecule has 0 bridgehead atoms. The maximum Gasteiger partial charge on any atom is 0.128 e. The van der Waals surface area contributed by atoms with E-state index in [1.165, 1.54) is 0 Å². The van der Waals surface area contributed by atoms with E-state index in [1.807, 2.05) is 18.2 Å². The number of fused-ring (bicyclic) bond motifs is 1. The molecule has 0 spiro atoms. The van der Waals surface area contributed by atoms with E-state index >= 15 is 0 Å². The SMILES string of the molecule is CCC(C)COc1ccc2c(c1)OC(C)(C)CC2N. The summed E-state index contributed by atoms with van der Waals surface area (Å²) >= 11 is 0. The third-order valence-corrected chi connectivity index (χ3v) is 3.71. The first-order valence-electron chi connectivity index (χ1n) is 7.12. The Morgan fingerprint density at radius 1 is 1.47 bits per heavy atom. The highest BCUT2D eigenvalue weighted by atomic mass is 16.5. The maximum absolute atomic E-state index is 6.19. The van der Waals surface area contributed by atoms with Crippen LogP contribution in [0.2, 0.25) is 0 Å². The molecule has 0 saturated carbocycles. The smallest absolute Gasteiger partial charge is 0.128 e. The normalized spacial score (nSPS) is 22.3. The molecule has 0 amide bonds. The van der Waals surface area contributed by atoms with Gasteiger partial charge >= 0.3 is 0 Å². The molecule has 2 atom stereocenters. The van der Waals surface area contributed by atoms with Crippen LogP contribution >= 0.6 is 0 Å². The van der Waals surface area contributed by atoms with Crippen LogP contribution in [0, 0.1) is 5.92 Å². The number of hydrogen-bond donors (Lipinski definition) is 1. The lowest BCUT2D eigenvalue weighted by Crippen LogP contribution is -2.37. The zero-order valence-corrected chi connectivity index (χ0v) is 12.4. The molecule has 0 saturated heterocycles. The number of ether oxygens (including phenoxy) is 2. The van der Waals surface area contributed by atoms with Crippen LogP contribution in [0.5, 0.6) is 11.5 Å². The molecule has 0 aromatic heterocycles. The number of nitrogens with two attached hydrogens (primary N) is 1. The third kappa shape index (κ3) is 3.41. The van der Waals surface area contributed by atoms with Crippen molar-refractivity contribution in [1.82, 2.24) is 0 Å². The number of benzene rings is 1. The summed E-state index contributed by atoms with van der Waals surface area (Å²) in [6.07, 6.45) is 1.96. The van der Waals surface area contributed by atoms with Crippen molar-refractivity contribution in [3.8, 4) is 11.5 Å². The Morgan fingerprint density at radius 2 is 2.21 bits per heavy atom. The average Bonchev–Trinajstić information content (AvgIpc) is 2.33. The molecule has 2 unspecified atom stereocenters. The van der Waals surface area contributed by atoms with Crippen molar-refractivity contribution >= 4 is 0 Å². The van der Waals surface area contributed by atoms with Gasteiger partial charge in [-0.15, -0.1) is 0 Å². The van der Waals surface area contributed by atoms with E-state index in [9.17, 15) is 0 Å². The van der Waals surface area contributed by atoms with Crippen molar-refractivity contribution in [3.05, 3.63) is 23.8 Å². The molecule has 3 heteroatoms. The fraction of sp³-hybridized carbons (Fsp3) is 0.625. The largest absolute Gasteiger partial charge is 0.493 e. The topological polar surface area (TPSA) is 44.5 Å². The third-order valence-electron chi connectivity index (χ3n) is 3.71. The average molecular weight is 263 g/mol. The Morgan fingerprint density at radius 3 is 2.89 bits per heavy atom. The Balaban J connectivity index is 2.14. The zero-order valence-electron chi connectivity index (χ0n) is 12.4. The summed E-state index contributed by atoms with van der Waals surface area (Å²) in [6.45, 7) is 9.25. The van der Waals surface area contributed by atoms with E-state index in [1.54, 1.807) is 0 Å². The monoisotopic (exact) mass is 263 g/mol. The van der Waals surface area contributed by atoms with Crippen LogP contribution in [-0.4, -0.2) is 12.2 Å². The minimum absolute atomic E-state index is 0.0439. The van der Waals surface area contributed by atoms with E-state index in [2.05, 4.69) is 27.7 Å². The molecule has 0 fully saturated rings. The van der Waals surface area contributed by atoms with Crippen LogP contribution < -0.4 is 15.2 Å². The van der Waals surface area contributed by atoms with Crippen molar-refractivity contribution in [2.75, 3.05) is 6.61 Å². The standard InChI is InChI=1S/C16H25NO2/c1-5-11(2)10-18-12-6-7-13-14(17)9-16(3,4)19-15(13)8-12/h6-8,11,14H,5,9-10,17H2,1-4H3. The van der Waals surface area contributed by atoms with Crippen LogP contribution in [0.3, 0.4) is 0 Å². The van der Waals surface area contributed by atoms with Gasteiger partial charge in [-0.2, -0.15) is 0 Å². The number of rotatable bonds is 4. The fourth-order valence-electron chi connectivity index (χ4n) is 2.33. The van der Waals surface area contributed by atoms with Crippen LogP contribution in [-0.2, 0) is 0 Å². The summed E-state index contributed by atoms with van der Waals surface area (Å²) in [4.78, 5) is 0. The van der Waals surface area contributed by atoms with Gasteiger partial charge in [-0.25, -0.2) is 0 Å². The second-order valence-corrected chi connectivity index (χ2v) is 6.20. The van der Waals surface area contributed by atoms with Gasteiger partial charge in [0.2, 0.25) is 0 Å². The molecule has 3 nitrogen and oxygen atoms in total. The lowest BCUT2D eigenvalue weighted by atomic mass is 9.90. The van der Waals surface area contributed by atoms with Gasteiger partial charge < -0.3 is 15.2 Å². The summed E-state index contributed by atoms with van der Waals surface area (Å²) in [7, 11) is 0. The van der Waals surface area contributed by atoms with Gasteiger partial charge in [-0.3, -0.25) is 0 Å². The van der Waals surface area contributed by atoms with Crippen molar-refractivity contribution in [1.29, 1.82) is 0 Å². The molecular formula is C16H25NO2. The molecule has 106 valence electrons. The van der Waals surface area contributed by atoms with Gasteiger partial charge in [0.1, 0.15) is 17.1 Å². The zero-order chi connectivity index (χ0) is 14.0. The second-order valence-electron chi connectivity index (χ2n) is 6.20. The molecule has 1 heterocycles. The highest BCUT2D eigenvalue weighted by molar-refractivity contribution is 5.44. The Kier molecular flexibility index (Phi) is 4.04.